The summed E-state index contributed by atoms with van der Waals surface area (Å²) in [5.74, 6) is 1.92. The van der Waals surface area contributed by atoms with Crippen molar-refractivity contribution >= 4 is 11.7 Å². The van der Waals surface area contributed by atoms with Crippen molar-refractivity contribution in [3.8, 4) is 5.75 Å². The van der Waals surface area contributed by atoms with Gasteiger partial charge in [-0.3, -0.25) is 4.79 Å². The van der Waals surface area contributed by atoms with E-state index in [2.05, 4.69) is 9.88 Å². The fourth-order valence-electron chi connectivity index (χ4n) is 3.92. The first-order valence-corrected chi connectivity index (χ1v) is 9.24. The lowest BCUT2D eigenvalue weighted by molar-refractivity contribution is 0.0730. The molecule has 0 aliphatic carbocycles. The van der Waals surface area contributed by atoms with Crippen molar-refractivity contribution in [2.45, 2.75) is 39.7 Å². The van der Waals surface area contributed by atoms with E-state index in [0.29, 0.717) is 24.2 Å². The molecule has 3 heterocycles. The summed E-state index contributed by atoms with van der Waals surface area (Å²) in [6, 6.07) is 5.09. The fourth-order valence-corrected chi connectivity index (χ4v) is 3.92. The minimum Gasteiger partial charge on any atom is -0.508 e. The summed E-state index contributed by atoms with van der Waals surface area (Å²) < 4.78 is 0. The van der Waals surface area contributed by atoms with E-state index < -0.39 is 0 Å². The number of fused-ring (bicyclic) bond motifs is 1. The number of amides is 1. The molecule has 0 unspecified atom stereocenters. The molecule has 0 saturated carbocycles. The van der Waals surface area contributed by atoms with E-state index in [0.717, 1.165) is 36.8 Å². The van der Waals surface area contributed by atoms with Gasteiger partial charge < -0.3 is 14.9 Å². The molecule has 1 fully saturated rings. The summed E-state index contributed by atoms with van der Waals surface area (Å²) in [7, 11) is 0. The first-order chi connectivity index (χ1) is 12.5. The Bertz CT molecular complexity index is 859. The zero-order chi connectivity index (χ0) is 18.3. The van der Waals surface area contributed by atoms with Crippen molar-refractivity contribution in [2.24, 2.45) is 0 Å². The third-order valence-corrected chi connectivity index (χ3v) is 5.38. The van der Waals surface area contributed by atoms with Crippen molar-refractivity contribution in [3.05, 3.63) is 46.4 Å². The van der Waals surface area contributed by atoms with Crippen LogP contribution in [0.1, 0.15) is 45.8 Å². The number of aryl methyl sites for hydroxylation is 1. The number of carbonyl (C=O) groups excluding carboxylic acids is 1. The monoisotopic (exact) mass is 352 g/mol. The number of aromatic nitrogens is 2. The van der Waals surface area contributed by atoms with E-state index in [9.17, 15) is 9.90 Å². The molecule has 2 aromatic rings. The van der Waals surface area contributed by atoms with Gasteiger partial charge in [0.15, 0.2) is 0 Å². The number of benzene rings is 1. The molecule has 0 bridgehead atoms. The number of nitrogens with zero attached hydrogens (tertiary/aromatic N) is 4. The van der Waals surface area contributed by atoms with Crippen molar-refractivity contribution in [1.29, 1.82) is 0 Å². The minimum atomic E-state index is -0.0527. The van der Waals surface area contributed by atoms with Crippen molar-refractivity contribution in [3.63, 3.8) is 0 Å². The summed E-state index contributed by atoms with van der Waals surface area (Å²) in [5, 5.41) is 9.90. The molecule has 1 aromatic carbocycles. The average Bonchev–Trinajstić information content (AvgIpc) is 3.16. The molecular weight excluding hydrogens is 328 g/mol. The minimum absolute atomic E-state index is 0.0527. The van der Waals surface area contributed by atoms with E-state index >= 15 is 0 Å². The number of phenolic OH excluding ortho intramolecular Hbond substituents is 1. The molecule has 26 heavy (non-hydrogen) atoms. The number of anilines is 1. The molecular formula is C20H24N4O2. The quantitative estimate of drug-likeness (QED) is 0.900. The normalized spacial score (nSPS) is 16.7. The maximum atomic E-state index is 13.0. The van der Waals surface area contributed by atoms with Gasteiger partial charge in [0.25, 0.3) is 5.91 Å². The van der Waals surface area contributed by atoms with Crippen molar-refractivity contribution in [2.75, 3.05) is 24.5 Å². The molecule has 0 spiro atoms. The smallest absolute Gasteiger partial charge is 0.254 e. The second-order valence-electron chi connectivity index (χ2n) is 7.14. The molecule has 1 amide bonds. The van der Waals surface area contributed by atoms with Crippen LogP contribution >= 0.6 is 0 Å². The van der Waals surface area contributed by atoms with E-state index in [1.165, 1.54) is 18.4 Å². The summed E-state index contributed by atoms with van der Waals surface area (Å²) in [4.78, 5) is 26.5. The highest BCUT2D eigenvalue weighted by Gasteiger charge is 2.28. The van der Waals surface area contributed by atoms with Crippen LogP contribution in [0.2, 0.25) is 0 Å². The zero-order valence-electron chi connectivity index (χ0n) is 15.3. The lowest BCUT2D eigenvalue weighted by Gasteiger charge is -2.31. The lowest BCUT2D eigenvalue weighted by atomic mass is 10.0. The number of hydrogen-bond acceptors (Lipinski definition) is 5. The average molecular weight is 352 g/mol. The SMILES string of the molecule is Cc1nc2c(c(N3CCCC3)n1)CCN(C(=O)c1cccc(O)c1C)C2. The maximum Gasteiger partial charge on any atom is 0.254 e. The first kappa shape index (κ1) is 16.8. The Morgan fingerprint density at radius 1 is 1.12 bits per heavy atom. The second kappa shape index (κ2) is 6.59. The highest BCUT2D eigenvalue weighted by molar-refractivity contribution is 5.96. The Kier molecular flexibility index (Phi) is 4.26. The predicted molar refractivity (Wildman–Crippen MR) is 99.5 cm³/mol. The number of rotatable bonds is 2. The van der Waals surface area contributed by atoms with Gasteiger partial charge in [0.05, 0.1) is 12.2 Å². The van der Waals surface area contributed by atoms with E-state index in [1.807, 2.05) is 11.8 Å². The Balaban J connectivity index is 1.64. The van der Waals surface area contributed by atoms with Gasteiger partial charge in [-0.25, -0.2) is 9.97 Å². The number of carbonyl (C=O) groups is 1. The van der Waals surface area contributed by atoms with Gasteiger partial charge in [0.1, 0.15) is 17.4 Å². The zero-order valence-corrected chi connectivity index (χ0v) is 15.3. The van der Waals surface area contributed by atoms with Crippen LogP contribution in [0.15, 0.2) is 18.2 Å². The van der Waals surface area contributed by atoms with Crippen LogP contribution in [0, 0.1) is 13.8 Å². The van der Waals surface area contributed by atoms with Crippen LogP contribution in [-0.4, -0.2) is 45.5 Å². The number of aromatic hydroxyl groups is 1. The Hall–Kier alpha value is -2.63. The Labute approximate surface area is 153 Å². The second-order valence-corrected chi connectivity index (χ2v) is 7.14. The van der Waals surface area contributed by atoms with Crippen LogP contribution in [0.4, 0.5) is 5.82 Å². The summed E-state index contributed by atoms with van der Waals surface area (Å²) >= 11 is 0. The number of hydrogen-bond donors (Lipinski definition) is 1. The molecule has 136 valence electrons. The van der Waals surface area contributed by atoms with Crippen molar-refractivity contribution < 1.29 is 9.90 Å². The Morgan fingerprint density at radius 3 is 2.65 bits per heavy atom. The third kappa shape index (κ3) is 2.89. The van der Waals surface area contributed by atoms with E-state index in [-0.39, 0.29) is 11.7 Å². The molecule has 0 radical (unpaired) electrons. The van der Waals surface area contributed by atoms with Gasteiger partial charge in [-0.1, -0.05) is 6.07 Å². The van der Waals surface area contributed by atoms with Gasteiger partial charge in [-0.2, -0.15) is 0 Å². The molecule has 1 aromatic heterocycles. The van der Waals surface area contributed by atoms with Crippen LogP contribution in [0.25, 0.3) is 0 Å². The predicted octanol–water partition coefficient (Wildman–Crippen LogP) is 2.60. The lowest BCUT2D eigenvalue weighted by Crippen LogP contribution is -2.38. The highest BCUT2D eigenvalue weighted by atomic mass is 16.3. The van der Waals surface area contributed by atoms with Gasteiger partial charge in [0, 0.05) is 36.3 Å². The van der Waals surface area contributed by atoms with Gasteiger partial charge >= 0.3 is 0 Å². The largest absolute Gasteiger partial charge is 0.508 e. The third-order valence-electron chi connectivity index (χ3n) is 5.38. The van der Waals surface area contributed by atoms with E-state index in [4.69, 9.17) is 4.98 Å². The number of phenols is 1. The maximum absolute atomic E-state index is 13.0. The van der Waals surface area contributed by atoms with E-state index in [1.54, 1.807) is 25.1 Å². The topological polar surface area (TPSA) is 69.6 Å². The van der Waals surface area contributed by atoms with Crippen LogP contribution < -0.4 is 4.90 Å². The van der Waals surface area contributed by atoms with Crippen LogP contribution in [-0.2, 0) is 13.0 Å². The van der Waals surface area contributed by atoms with Gasteiger partial charge in [0.2, 0.25) is 0 Å². The molecule has 2 aliphatic rings. The molecule has 6 nitrogen and oxygen atoms in total. The standard InChI is InChI=1S/C20H24N4O2/c1-13-15(6-5-7-18(13)25)20(26)24-11-8-16-17(12-24)21-14(2)22-19(16)23-9-3-4-10-23/h5-7,25H,3-4,8-12H2,1-2H3. The van der Waals surface area contributed by atoms with Gasteiger partial charge in [-0.05, 0) is 45.2 Å². The van der Waals surface area contributed by atoms with Crippen LogP contribution in [0.5, 0.6) is 5.75 Å². The molecule has 2 aliphatic heterocycles. The summed E-state index contributed by atoms with van der Waals surface area (Å²) in [5.41, 5.74) is 3.32. The fraction of sp³-hybridized carbons (Fsp3) is 0.450. The Morgan fingerprint density at radius 2 is 1.88 bits per heavy atom. The molecule has 6 heteroatoms. The highest BCUT2D eigenvalue weighted by Crippen LogP contribution is 2.30. The molecule has 1 N–H and O–H groups in total. The van der Waals surface area contributed by atoms with Gasteiger partial charge in [-0.15, -0.1) is 0 Å². The molecule has 0 atom stereocenters. The molecule has 1 saturated heterocycles. The summed E-state index contributed by atoms with van der Waals surface area (Å²) in [6.07, 6.45) is 3.18. The molecule has 4 rings (SSSR count). The van der Waals surface area contributed by atoms with Crippen LogP contribution in [0.3, 0.4) is 0 Å². The summed E-state index contributed by atoms with van der Waals surface area (Å²) in [6.45, 7) is 6.93. The first-order valence-electron chi connectivity index (χ1n) is 9.24. The van der Waals surface area contributed by atoms with Crippen molar-refractivity contribution in [1.82, 2.24) is 14.9 Å².